The summed E-state index contributed by atoms with van der Waals surface area (Å²) in [5, 5.41) is 11.8. The summed E-state index contributed by atoms with van der Waals surface area (Å²) in [5.41, 5.74) is 2.49. The van der Waals surface area contributed by atoms with Crippen LogP contribution in [0.25, 0.3) is 0 Å². The predicted octanol–water partition coefficient (Wildman–Crippen LogP) is 3.62. The number of hydrogen-bond donors (Lipinski definition) is 1. The maximum atomic E-state index is 12.9. The zero-order valence-electron chi connectivity index (χ0n) is 16.6. The number of carbonyl (C=O) groups excluding carboxylic acids is 3. The monoisotopic (exact) mass is 411 g/mol. The Morgan fingerprint density at radius 2 is 1.71 bits per heavy atom. The molecule has 3 aromatic rings. The number of fused-ring (bicyclic) bond motifs is 1. The van der Waals surface area contributed by atoms with Crippen molar-refractivity contribution in [3.8, 4) is 11.8 Å². The number of carbonyl (C=O) groups is 3. The molecule has 1 aliphatic heterocycles. The Hall–Kier alpha value is -4.44. The minimum absolute atomic E-state index is 0.0283. The molecule has 0 radical (unpaired) electrons. The fourth-order valence-electron chi connectivity index (χ4n) is 3.46. The number of imide groups is 1. The van der Waals surface area contributed by atoms with Crippen LogP contribution in [0.3, 0.4) is 0 Å². The molecule has 1 aliphatic rings. The van der Waals surface area contributed by atoms with Gasteiger partial charge < -0.3 is 10.1 Å². The number of amides is 3. The van der Waals surface area contributed by atoms with Gasteiger partial charge in [0.2, 0.25) is 0 Å². The summed E-state index contributed by atoms with van der Waals surface area (Å²) in [4.78, 5) is 39.3. The van der Waals surface area contributed by atoms with Crippen molar-refractivity contribution in [2.24, 2.45) is 0 Å². The van der Waals surface area contributed by atoms with Crippen LogP contribution in [0.2, 0.25) is 0 Å². The first-order valence-corrected chi connectivity index (χ1v) is 9.45. The summed E-state index contributed by atoms with van der Waals surface area (Å²) in [6.07, 6.45) is 0. The van der Waals surface area contributed by atoms with Gasteiger partial charge >= 0.3 is 0 Å². The Labute approximate surface area is 178 Å². The summed E-state index contributed by atoms with van der Waals surface area (Å²) >= 11 is 0. The number of methoxy groups -OCH3 is 1. The molecular formula is C24H17N3O4. The minimum atomic E-state index is -0.434. The van der Waals surface area contributed by atoms with Crippen molar-refractivity contribution in [1.82, 2.24) is 4.90 Å². The highest BCUT2D eigenvalue weighted by atomic mass is 16.5. The lowest BCUT2D eigenvalue weighted by Gasteiger charge is -2.16. The molecule has 4 rings (SSSR count). The highest BCUT2D eigenvalue weighted by molar-refractivity contribution is 6.21. The Kier molecular flexibility index (Phi) is 5.21. The van der Waals surface area contributed by atoms with Crippen LogP contribution >= 0.6 is 0 Å². The fourth-order valence-corrected chi connectivity index (χ4v) is 3.46. The van der Waals surface area contributed by atoms with Gasteiger partial charge in [0.15, 0.2) is 0 Å². The van der Waals surface area contributed by atoms with Crippen molar-refractivity contribution in [2.45, 2.75) is 6.54 Å². The Morgan fingerprint density at radius 1 is 1.00 bits per heavy atom. The normalized spacial score (nSPS) is 12.3. The second-order valence-corrected chi connectivity index (χ2v) is 6.92. The standard InChI is InChI=1S/C24H17N3O4/c1-31-21-10-9-16(14-27-23(29)18-7-2-3-8-19(18)24(27)30)12-20(21)22(28)26-17-6-4-5-15(11-17)13-25/h2-12H,14H2,1H3,(H,26,28). The molecular weight excluding hydrogens is 394 g/mol. The number of nitrogens with zero attached hydrogens (tertiary/aromatic N) is 2. The summed E-state index contributed by atoms with van der Waals surface area (Å²) in [7, 11) is 1.45. The summed E-state index contributed by atoms with van der Waals surface area (Å²) in [5.74, 6) is -0.817. The third kappa shape index (κ3) is 3.74. The second-order valence-electron chi connectivity index (χ2n) is 6.92. The van der Waals surface area contributed by atoms with E-state index in [0.717, 1.165) is 4.90 Å². The van der Waals surface area contributed by atoms with E-state index in [0.29, 0.717) is 33.7 Å². The number of benzene rings is 3. The van der Waals surface area contributed by atoms with E-state index >= 15 is 0 Å². The molecule has 7 nitrogen and oxygen atoms in total. The molecule has 0 saturated heterocycles. The maximum Gasteiger partial charge on any atom is 0.261 e. The Bertz CT molecular complexity index is 1220. The van der Waals surface area contributed by atoms with Crippen molar-refractivity contribution in [1.29, 1.82) is 5.26 Å². The van der Waals surface area contributed by atoms with Crippen LogP contribution in [0, 0.1) is 11.3 Å². The van der Waals surface area contributed by atoms with Gasteiger partial charge in [-0.3, -0.25) is 19.3 Å². The largest absolute Gasteiger partial charge is 0.496 e. The molecule has 0 spiro atoms. The topological polar surface area (TPSA) is 99.5 Å². The maximum absolute atomic E-state index is 12.9. The summed E-state index contributed by atoms with van der Waals surface area (Å²) < 4.78 is 5.31. The van der Waals surface area contributed by atoms with Gasteiger partial charge in [0, 0.05) is 5.69 Å². The van der Waals surface area contributed by atoms with Gasteiger partial charge in [-0.2, -0.15) is 5.26 Å². The van der Waals surface area contributed by atoms with Crippen molar-refractivity contribution in [2.75, 3.05) is 12.4 Å². The van der Waals surface area contributed by atoms with E-state index in [2.05, 4.69) is 5.32 Å². The highest BCUT2D eigenvalue weighted by Crippen LogP contribution is 2.27. The van der Waals surface area contributed by atoms with E-state index in [-0.39, 0.29) is 23.9 Å². The van der Waals surface area contributed by atoms with Crippen LogP contribution < -0.4 is 10.1 Å². The van der Waals surface area contributed by atoms with E-state index in [1.807, 2.05) is 6.07 Å². The van der Waals surface area contributed by atoms with Crippen LogP contribution in [0.5, 0.6) is 5.75 Å². The third-order valence-corrected chi connectivity index (χ3v) is 4.98. The highest BCUT2D eigenvalue weighted by Gasteiger charge is 2.35. The Morgan fingerprint density at radius 3 is 2.35 bits per heavy atom. The third-order valence-electron chi connectivity index (χ3n) is 4.98. The van der Waals surface area contributed by atoms with Gasteiger partial charge in [0.25, 0.3) is 17.7 Å². The zero-order chi connectivity index (χ0) is 22.0. The molecule has 3 aromatic carbocycles. The van der Waals surface area contributed by atoms with Gasteiger partial charge in [-0.1, -0.05) is 24.3 Å². The average molecular weight is 411 g/mol. The molecule has 1 heterocycles. The quantitative estimate of drug-likeness (QED) is 0.647. The molecule has 0 saturated carbocycles. The van der Waals surface area contributed by atoms with Crippen LogP contribution in [0.4, 0.5) is 5.69 Å². The van der Waals surface area contributed by atoms with Crippen LogP contribution in [-0.2, 0) is 6.54 Å². The second kappa shape index (κ2) is 8.13. The van der Waals surface area contributed by atoms with Gasteiger partial charge in [-0.25, -0.2) is 0 Å². The van der Waals surface area contributed by atoms with E-state index in [9.17, 15) is 14.4 Å². The molecule has 0 bridgehead atoms. The molecule has 0 aliphatic carbocycles. The SMILES string of the molecule is COc1ccc(CN2C(=O)c3ccccc3C2=O)cc1C(=O)Nc1cccc(C#N)c1. The molecule has 3 amide bonds. The molecule has 7 heteroatoms. The van der Waals surface area contributed by atoms with Gasteiger partial charge in [0.05, 0.1) is 42.0 Å². The first kappa shape index (κ1) is 19.9. The van der Waals surface area contributed by atoms with E-state index in [1.54, 1.807) is 66.7 Å². The molecule has 1 N–H and O–H groups in total. The molecule has 0 atom stereocenters. The molecule has 152 valence electrons. The molecule has 0 fully saturated rings. The molecule has 0 aromatic heterocycles. The summed E-state index contributed by atoms with van der Waals surface area (Å²) in [6, 6.07) is 20.2. The van der Waals surface area contributed by atoms with Gasteiger partial charge in [-0.05, 0) is 48.0 Å². The van der Waals surface area contributed by atoms with Crippen molar-refractivity contribution in [3.05, 3.63) is 94.5 Å². The number of nitriles is 1. The van der Waals surface area contributed by atoms with Crippen LogP contribution in [-0.4, -0.2) is 29.7 Å². The first-order valence-electron chi connectivity index (χ1n) is 9.45. The van der Waals surface area contributed by atoms with E-state index in [4.69, 9.17) is 10.00 Å². The predicted molar refractivity (Wildman–Crippen MR) is 113 cm³/mol. The van der Waals surface area contributed by atoms with Crippen LogP contribution in [0.15, 0.2) is 66.7 Å². The number of hydrogen-bond acceptors (Lipinski definition) is 5. The molecule has 31 heavy (non-hydrogen) atoms. The lowest BCUT2D eigenvalue weighted by molar-refractivity contribution is 0.0642. The van der Waals surface area contributed by atoms with Crippen molar-refractivity contribution < 1.29 is 19.1 Å². The van der Waals surface area contributed by atoms with Gasteiger partial charge in [-0.15, -0.1) is 0 Å². The number of nitrogens with one attached hydrogen (secondary N) is 1. The summed E-state index contributed by atoms with van der Waals surface area (Å²) in [6.45, 7) is 0.0283. The van der Waals surface area contributed by atoms with Crippen molar-refractivity contribution in [3.63, 3.8) is 0 Å². The number of ether oxygens (including phenoxy) is 1. The number of rotatable bonds is 5. The minimum Gasteiger partial charge on any atom is -0.496 e. The van der Waals surface area contributed by atoms with E-state index < -0.39 is 5.91 Å². The fraction of sp³-hybridized carbons (Fsp3) is 0.0833. The van der Waals surface area contributed by atoms with E-state index in [1.165, 1.54) is 7.11 Å². The van der Waals surface area contributed by atoms with Gasteiger partial charge in [0.1, 0.15) is 5.75 Å². The lowest BCUT2D eigenvalue weighted by atomic mass is 10.1. The Balaban J connectivity index is 1.59. The average Bonchev–Trinajstić information content (AvgIpc) is 3.04. The molecule has 0 unspecified atom stereocenters. The lowest BCUT2D eigenvalue weighted by Crippen LogP contribution is -2.29. The smallest absolute Gasteiger partial charge is 0.261 e. The first-order chi connectivity index (χ1) is 15.0. The number of anilines is 1. The van der Waals surface area contributed by atoms with Crippen molar-refractivity contribution >= 4 is 23.4 Å². The zero-order valence-corrected chi connectivity index (χ0v) is 16.6. The van der Waals surface area contributed by atoms with Crippen LogP contribution in [0.1, 0.15) is 42.2 Å².